The average molecular weight is 457 g/mol. The van der Waals surface area contributed by atoms with Gasteiger partial charge in [-0.15, -0.1) is 11.6 Å². The quantitative estimate of drug-likeness (QED) is 0.275. The molecule has 4 fully saturated rings. The molecule has 0 amide bonds. The first-order valence-electron chi connectivity index (χ1n) is 13.4. The number of hydrogen-bond acceptors (Lipinski definition) is 0. The van der Waals surface area contributed by atoms with Crippen molar-refractivity contribution < 1.29 is 0 Å². The van der Waals surface area contributed by atoms with Crippen LogP contribution in [0.2, 0.25) is 0 Å². The lowest BCUT2D eigenvalue weighted by Crippen LogP contribution is -2.35. The largest absolute Gasteiger partial charge is 0.109 e. The van der Waals surface area contributed by atoms with Crippen LogP contribution in [-0.4, -0.2) is 27.0 Å². The van der Waals surface area contributed by atoms with Gasteiger partial charge in [0.25, 0.3) is 0 Å². The molecule has 0 aromatic heterocycles. The minimum atomic E-state index is -0.0350. The van der Waals surface area contributed by atoms with Crippen molar-refractivity contribution in [3.63, 3.8) is 0 Å². The third-order valence-corrected chi connectivity index (χ3v) is 18.5. The van der Waals surface area contributed by atoms with E-state index in [1.54, 1.807) is 0 Å². The van der Waals surface area contributed by atoms with Gasteiger partial charge < -0.3 is 0 Å². The Kier molecular flexibility index (Phi) is 9.11. The molecule has 168 valence electrons. The molecule has 4 aliphatic rings. The topological polar surface area (TPSA) is 0 Å². The Balaban J connectivity index is 1.63. The van der Waals surface area contributed by atoms with Gasteiger partial charge in [0.15, 0.2) is 0 Å². The fraction of sp³-hybridized carbons (Fsp3) is 1.00. The van der Waals surface area contributed by atoms with Crippen LogP contribution in [0.3, 0.4) is 0 Å². The maximum atomic E-state index is 8.06. The van der Waals surface area contributed by atoms with E-state index in [1.165, 1.54) is 128 Å². The van der Waals surface area contributed by atoms with Crippen LogP contribution in [0.5, 0.6) is 0 Å². The lowest BCUT2D eigenvalue weighted by Gasteiger charge is -2.54. The van der Waals surface area contributed by atoms with Gasteiger partial charge in [-0.3, -0.25) is 0 Å². The van der Waals surface area contributed by atoms with Crippen LogP contribution in [-0.2, 0) is 0 Å². The van der Waals surface area contributed by atoms with Crippen molar-refractivity contribution in [1.82, 2.24) is 0 Å². The molecule has 0 spiro atoms. The predicted octanol–water partition coefficient (Wildman–Crippen LogP) is 10.2. The third kappa shape index (κ3) is 5.75. The lowest BCUT2D eigenvalue weighted by molar-refractivity contribution is 0.476. The van der Waals surface area contributed by atoms with Gasteiger partial charge in [0.2, 0.25) is 0 Å². The number of hydrogen-bond donors (Lipinski definition) is 0. The van der Waals surface area contributed by atoms with E-state index < -0.39 is 0 Å². The van der Waals surface area contributed by atoms with E-state index in [-0.39, 0.29) is 20.2 Å². The molecule has 3 heteroatoms. The molecule has 0 aromatic carbocycles. The highest BCUT2D eigenvalue weighted by Crippen LogP contribution is 2.80. The molecule has 0 aliphatic heterocycles. The summed E-state index contributed by atoms with van der Waals surface area (Å²) in [5, 5.41) is 0. The summed E-state index contributed by atoms with van der Waals surface area (Å²) in [6.07, 6.45) is 30.0. The highest BCUT2D eigenvalue weighted by Gasteiger charge is 2.51. The first kappa shape index (κ1) is 23.3. The van der Waals surface area contributed by atoms with Gasteiger partial charge >= 0.3 is 0 Å². The molecule has 0 heterocycles. The summed E-state index contributed by atoms with van der Waals surface area (Å²) in [6, 6.07) is 0. The van der Waals surface area contributed by atoms with Crippen molar-refractivity contribution in [2.24, 2.45) is 0 Å². The van der Waals surface area contributed by atoms with Crippen LogP contribution in [0.15, 0.2) is 0 Å². The van der Waals surface area contributed by atoms with E-state index in [1.807, 2.05) is 0 Å². The fourth-order valence-electron chi connectivity index (χ4n) is 7.50. The van der Waals surface area contributed by atoms with Gasteiger partial charge in [0, 0.05) is 0 Å². The van der Waals surface area contributed by atoms with Gasteiger partial charge in [-0.25, -0.2) is 0 Å². The van der Waals surface area contributed by atoms with Crippen LogP contribution in [0.25, 0.3) is 0 Å². The number of alkyl halides is 1. The molecule has 4 saturated carbocycles. The molecule has 4 aliphatic carbocycles. The minimum Gasteiger partial charge on any atom is -0.109 e. The highest BCUT2D eigenvalue weighted by molar-refractivity contribution is 7.81. The molecule has 0 bridgehead atoms. The standard InChI is InChI=1S/C26H47ClP2/c1-26(27,28(22-14-6-2-7-15-22)23-16-8-3-9-17-23)29(24-18-10-4-11-19-24)25-20-12-5-13-21-25/h22-25H,2-21H2,1H3. The molecule has 0 N–H and O–H groups in total. The Morgan fingerprint density at radius 2 is 0.655 bits per heavy atom. The Morgan fingerprint density at radius 1 is 0.448 bits per heavy atom. The maximum Gasteiger partial charge on any atom is 0.0812 e. The van der Waals surface area contributed by atoms with Crippen LogP contribution in [0.1, 0.15) is 135 Å². The second-order valence-corrected chi connectivity index (χ2v) is 18.9. The van der Waals surface area contributed by atoms with Crippen molar-refractivity contribution in [3.8, 4) is 0 Å². The Hall–Kier alpha value is 1.15. The van der Waals surface area contributed by atoms with Gasteiger partial charge in [0.05, 0.1) is 4.36 Å². The lowest BCUT2D eigenvalue weighted by atomic mass is 9.99. The second-order valence-electron chi connectivity index (χ2n) is 10.9. The van der Waals surface area contributed by atoms with E-state index >= 15 is 0 Å². The molecule has 0 atom stereocenters. The average Bonchev–Trinajstić information content (AvgIpc) is 2.77. The molecule has 0 radical (unpaired) electrons. The summed E-state index contributed by atoms with van der Waals surface area (Å²) in [7, 11) is -0.0700. The van der Waals surface area contributed by atoms with Crippen LogP contribution < -0.4 is 0 Å². The van der Waals surface area contributed by atoms with Crippen molar-refractivity contribution in [2.75, 3.05) is 0 Å². The van der Waals surface area contributed by atoms with Crippen LogP contribution in [0, 0.1) is 0 Å². The van der Waals surface area contributed by atoms with E-state index in [9.17, 15) is 0 Å². The van der Waals surface area contributed by atoms with Crippen molar-refractivity contribution in [1.29, 1.82) is 0 Å². The predicted molar refractivity (Wildman–Crippen MR) is 136 cm³/mol. The number of rotatable bonds is 6. The molecule has 0 saturated heterocycles. The normalized spacial score (nSPS) is 27.7. The summed E-state index contributed by atoms with van der Waals surface area (Å²) >= 11 is 8.06. The summed E-state index contributed by atoms with van der Waals surface area (Å²) in [6.45, 7) is 2.64. The van der Waals surface area contributed by atoms with E-state index in [0.717, 1.165) is 22.6 Å². The highest BCUT2D eigenvalue weighted by atomic mass is 35.5. The maximum absolute atomic E-state index is 8.06. The smallest absolute Gasteiger partial charge is 0.0812 e. The second kappa shape index (κ2) is 11.3. The van der Waals surface area contributed by atoms with Gasteiger partial charge in [-0.1, -0.05) is 92.9 Å². The summed E-state index contributed by atoms with van der Waals surface area (Å²) in [5.74, 6) is 0. The zero-order chi connectivity index (χ0) is 20.1. The van der Waals surface area contributed by atoms with Crippen molar-refractivity contribution >= 4 is 27.4 Å². The SMILES string of the molecule is CC(Cl)(P(C1CCCCC1)C1CCCCC1)P(C1CCCCC1)C1CCCCC1. The molecule has 29 heavy (non-hydrogen) atoms. The Morgan fingerprint density at radius 3 is 0.862 bits per heavy atom. The van der Waals surface area contributed by atoms with Crippen molar-refractivity contribution in [2.45, 2.75) is 162 Å². The van der Waals surface area contributed by atoms with E-state index in [0.29, 0.717) is 0 Å². The molecule has 0 nitrogen and oxygen atoms in total. The van der Waals surface area contributed by atoms with E-state index in [4.69, 9.17) is 11.6 Å². The summed E-state index contributed by atoms with van der Waals surface area (Å²) < 4.78 is 0.165. The molecular weight excluding hydrogens is 410 g/mol. The van der Waals surface area contributed by atoms with Gasteiger partial charge in [-0.2, -0.15) is 0 Å². The summed E-state index contributed by atoms with van der Waals surface area (Å²) in [5.41, 5.74) is 4.01. The third-order valence-electron chi connectivity index (χ3n) is 8.81. The number of halogens is 1. The fourth-order valence-corrected chi connectivity index (χ4v) is 19.7. The Labute approximate surface area is 189 Å². The molecule has 4 rings (SSSR count). The molecular formula is C26H47ClP2. The van der Waals surface area contributed by atoms with Crippen LogP contribution >= 0.6 is 27.4 Å². The molecule has 0 unspecified atom stereocenters. The molecule has 0 aromatic rings. The van der Waals surface area contributed by atoms with E-state index in [2.05, 4.69) is 6.92 Å². The van der Waals surface area contributed by atoms with Gasteiger partial charge in [-0.05, 0) is 80.9 Å². The zero-order valence-electron chi connectivity index (χ0n) is 19.2. The monoisotopic (exact) mass is 456 g/mol. The summed E-state index contributed by atoms with van der Waals surface area (Å²) in [4.78, 5) is 0. The Bertz CT molecular complexity index is 391. The zero-order valence-corrected chi connectivity index (χ0v) is 21.8. The minimum absolute atomic E-state index is 0.0350. The van der Waals surface area contributed by atoms with Crippen molar-refractivity contribution in [3.05, 3.63) is 0 Å². The van der Waals surface area contributed by atoms with Crippen LogP contribution in [0.4, 0.5) is 0 Å². The first-order chi connectivity index (χ1) is 14.2. The van der Waals surface area contributed by atoms with Gasteiger partial charge in [0.1, 0.15) is 0 Å². The first-order valence-corrected chi connectivity index (χ1v) is 16.8.